The average Bonchev–Trinajstić information content (AvgIpc) is 3.54. The number of amides is 1. The highest BCUT2D eigenvalue weighted by molar-refractivity contribution is 7.89. The van der Waals surface area contributed by atoms with Gasteiger partial charge in [-0.3, -0.25) is 0 Å². The summed E-state index contributed by atoms with van der Waals surface area (Å²) >= 11 is 0. The Morgan fingerprint density at radius 3 is 2.48 bits per heavy atom. The molecule has 0 aromatic heterocycles. The van der Waals surface area contributed by atoms with Crippen LogP contribution in [0.25, 0.3) is 0 Å². The summed E-state index contributed by atoms with van der Waals surface area (Å²) < 4.78 is 50.6. The number of benzene rings is 2. The maximum absolute atomic E-state index is 13.6. The summed E-state index contributed by atoms with van der Waals surface area (Å²) in [6, 6.07) is 11.3. The Bertz CT molecular complexity index is 1220. The largest absolute Gasteiger partial charge is 0.508 e. The lowest BCUT2D eigenvalue weighted by Gasteiger charge is -2.31. The highest BCUT2D eigenvalue weighted by Gasteiger charge is 2.44. The third kappa shape index (κ3) is 7.43. The second-order valence-corrected chi connectivity index (χ2v) is 12.6. The summed E-state index contributed by atoms with van der Waals surface area (Å²) in [4.78, 5) is 13.1. The molecule has 0 saturated carbocycles. The molecule has 220 valence electrons. The number of fused-ring (bicyclic) bond motifs is 1. The van der Waals surface area contributed by atoms with Crippen LogP contribution in [0.15, 0.2) is 53.4 Å². The number of nitrogens with one attached hydrogen (secondary N) is 1. The Hall–Kier alpha value is -2.90. The van der Waals surface area contributed by atoms with Crippen LogP contribution in [0.1, 0.15) is 25.8 Å². The van der Waals surface area contributed by atoms with Gasteiger partial charge in [-0.1, -0.05) is 26.0 Å². The number of nitrogens with zero attached hydrogens (tertiary/aromatic N) is 1. The molecule has 0 spiro atoms. The highest BCUT2D eigenvalue weighted by Crippen LogP contribution is 2.33. The van der Waals surface area contributed by atoms with Crippen molar-refractivity contribution >= 4 is 16.1 Å². The second kappa shape index (κ2) is 13.2. The van der Waals surface area contributed by atoms with Crippen molar-refractivity contribution in [1.82, 2.24) is 9.62 Å². The van der Waals surface area contributed by atoms with Crippen LogP contribution in [0.5, 0.6) is 11.5 Å². The maximum Gasteiger partial charge on any atom is 0.407 e. The molecular weight excluding hydrogens is 538 g/mol. The van der Waals surface area contributed by atoms with Crippen molar-refractivity contribution in [3.63, 3.8) is 0 Å². The topological polar surface area (TPSA) is 150 Å². The molecule has 2 fully saturated rings. The van der Waals surface area contributed by atoms with Gasteiger partial charge in [0.15, 0.2) is 6.29 Å². The Labute approximate surface area is 235 Å². The second-order valence-electron chi connectivity index (χ2n) is 10.6. The van der Waals surface area contributed by atoms with Crippen molar-refractivity contribution in [3.8, 4) is 11.5 Å². The summed E-state index contributed by atoms with van der Waals surface area (Å²) in [7, 11) is -2.38. The van der Waals surface area contributed by atoms with Crippen LogP contribution in [-0.2, 0) is 30.7 Å². The molecule has 2 saturated heterocycles. The van der Waals surface area contributed by atoms with Gasteiger partial charge in [0.25, 0.3) is 0 Å². The zero-order valence-corrected chi connectivity index (χ0v) is 23.9. The third-order valence-electron chi connectivity index (χ3n) is 7.14. The zero-order chi connectivity index (χ0) is 28.9. The molecule has 5 atom stereocenters. The van der Waals surface area contributed by atoms with Crippen LogP contribution in [0.3, 0.4) is 0 Å². The molecule has 2 aliphatic rings. The molecule has 0 unspecified atom stereocenters. The number of carbonyl (C=O) groups is 1. The first-order chi connectivity index (χ1) is 19.1. The summed E-state index contributed by atoms with van der Waals surface area (Å²) in [5, 5.41) is 12.6. The number of alkyl carbamates (subject to hydrolysis) is 1. The summed E-state index contributed by atoms with van der Waals surface area (Å²) in [6.45, 7) is 4.85. The number of nitrogens with two attached hydrogens (primary N) is 1. The molecular formula is C28H39N3O8S. The van der Waals surface area contributed by atoms with Gasteiger partial charge in [-0.2, -0.15) is 4.31 Å². The van der Waals surface area contributed by atoms with Gasteiger partial charge in [-0.25, -0.2) is 13.2 Å². The average molecular weight is 578 g/mol. The molecule has 1 amide bonds. The molecule has 2 aromatic rings. The van der Waals surface area contributed by atoms with Gasteiger partial charge in [0.05, 0.1) is 37.2 Å². The van der Waals surface area contributed by atoms with E-state index in [1.807, 2.05) is 13.8 Å². The van der Waals surface area contributed by atoms with Gasteiger partial charge in [0.2, 0.25) is 10.0 Å². The normalized spacial score (nSPS) is 22.2. The van der Waals surface area contributed by atoms with Crippen molar-refractivity contribution < 1.29 is 37.3 Å². The Morgan fingerprint density at radius 2 is 1.82 bits per heavy atom. The van der Waals surface area contributed by atoms with Gasteiger partial charge in [0, 0.05) is 19.1 Å². The lowest BCUT2D eigenvalue weighted by Crippen LogP contribution is -2.55. The van der Waals surface area contributed by atoms with Crippen LogP contribution in [0.4, 0.5) is 4.79 Å². The van der Waals surface area contributed by atoms with E-state index in [4.69, 9.17) is 24.7 Å². The Morgan fingerprint density at radius 1 is 1.12 bits per heavy atom. The standard InChI is InChI=1S/C28H39N3O8S/c1-18(2)15-31(40(34,35)22-10-8-21(36-3)9-11-22)16-24(29)25(14-19-4-6-20(32)7-5-19)30-28(33)39-26-17-38-27-23(26)12-13-37-27/h4-11,18,23-27,32H,12-17,29H2,1-3H3,(H,30,33)/t23-,24+,25-,26-,27+/m0/s1. The first-order valence-electron chi connectivity index (χ1n) is 13.4. The number of methoxy groups -OCH3 is 1. The van der Waals surface area contributed by atoms with Crippen molar-refractivity contribution in [1.29, 1.82) is 0 Å². The molecule has 0 radical (unpaired) electrons. The molecule has 4 N–H and O–H groups in total. The quantitative estimate of drug-likeness (QED) is 0.346. The smallest absolute Gasteiger partial charge is 0.407 e. The fourth-order valence-corrected chi connectivity index (χ4v) is 6.64. The van der Waals surface area contributed by atoms with Crippen molar-refractivity contribution in [2.75, 3.05) is 33.4 Å². The van der Waals surface area contributed by atoms with E-state index in [0.717, 1.165) is 12.0 Å². The first kappa shape index (κ1) is 30.1. The summed E-state index contributed by atoms with van der Waals surface area (Å²) in [6.07, 6.45) is -0.419. The SMILES string of the molecule is COc1ccc(S(=O)(=O)N(CC(C)C)C[C@@H](N)[C@H](Cc2ccc(O)cc2)NC(=O)O[C@H]2CO[C@H]3OCC[C@H]32)cc1. The van der Waals surface area contributed by atoms with E-state index in [-0.39, 0.29) is 48.5 Å². The van der Waals surface area contributed by atoms with E-state index in [9.17, 15) is 18.3 Å². The van der Waals surface area contributed by atoms with Crippen LogP contribution < -0.4 is 15.8 Å². The molecule has 2 aliphatic heterocycles. The van der Waals surface area contributed by atoms with Gasteiger partial charge >= 0.3 is 6.09 Å². The van der Waals surface area contributed by atoms with Crippen molar-refractivity contribution in [2.24, 2.45) is 17.6 Å². The van der Waals surface area contributed by atoms with Crippen LogP contribution in [0, 0.1) is 11.8 Å². The number of hydrogen-bond donors (Lipinski definition) is 3. The first-order valence-corrected chi connectivity index (χ1v) is 14.9. The predicted molar refractivity (Wildman–Crippen MR) is 147 cm³/mol. The number of phenols is 1. The lowest BCUT2D eigenvalue weighted by atomic mass is 9.99. The molecule has 4 rings (SSSR count). The minimum Gasteiger partial charge on any atom is -0.508 e. The highest BCUT2D eigenvalue weighted by atomic mass is 32.2. The van der Waals surface area contributed by atoms with Gasteiger partial charge < -0.3 is 35.1 Å². The Kier molecular flexibility index (Phi) is 9.90. The fraction of sp³-hybridized carbons (Fsp3) is 0.536. The van der Waals surface area contributed by atoms with E-state index in [0.29, 0.717) is 18.8 Å². The van der Waals surface area contributed by atoms with E-state index in [1.54, 1.807) is 36.4 Å². The molecule has 40 heavy (non-hydrogen) atoms. The summed E-state index contributed by atoms with van der Waals surface area (Å²) in [5.41, 5.74) is 7.45. The number of aromatic hydroxyl groups is 1. The molecule has 2 heterocycles. The number of ether oxygens (including phenoxy) is 4. The minimum atomic E-state index is -3.89. The summed E-state index contributed by atoms with van der Waals surface area (Å²) in [5.74, 6) is 0.662. The maximum atomic E-state index is 13.6. The predicted octanol–water partition coefficient (Wildman–Crippen LogP) is 2.47. The van der Waals surface area contributed by atoms with Gasteiger partial charge in [-0.15, -0.1) is 0 Å². The van der Waals surface area contributed by atoms with Crippen LogP contribution in [-0.4, -0.2) is 81.8 Å². The van der Waals surface area contributed by atoms with Crippen molar-refractivity contribution in [3.05, 3.63) is 54.1 Å². The molecule has 0 bridgehead atoms. The number of phenolic OH excluding ortho intramolecular Hbond substituents is 1. The van der Waals surface area contributed by atoms with E-state index in [2.05, 4.69) is 5.32 Å². The van der Waals surface area contributed by atoms with E-state index in [1.165, 1.54) is 23.5 Å². The van der Waals surface area contributed by atoms with Gasteiger partial charge in [-0.05, 0) is 60.7 Å². The Balaban J connectivity index is 1.52. The van der Waals surface area contributed by atoms with E-state index < -0.39 is 34.3 Å². The monoisotopic (exact) mass is 577 g/mol. The van der Waals surface area contributed by atoms with E-state index >= 15 is 0 Å². The number of carbonyl (C=O) groups excluding carboxylic acids is 1. The third-order valence-corrected chi connectivity index (χ3v) is 8.98. The van der Waals surface area contributed by atoms with Gasteiger partial charge in [0.1, 0.15) is 17.6 Å². The van der Waals surface area contributed by atoms with Crippen LogP contribution in [0.2, 0.25) is 0 Å². The molecule has 11 nitrogen and oxygen atoms in total. The minimum absolute atomic E-state index is 0.0221. The van der Waals surface area contributed by atoms with Crippen LogP contribution >= 0.6 is 0 Å². The van der Waals surface area contributed by atoms with Crippen molar-refractivity contribution in [2.45, 2.75) is 56.1 Å². The number of hydrogen-bond acceptors (Lipinski definition) is 9. The molecule has 2 aromatic carbocycles. The number of sulfonamides is 1. The fourth-order valence-electron chi connectivity index (χ4n) is 5.00. The molecule has 0 aliphatic carbocycles. The number of rotatable bonds is 12. The zero-order valence-electron chi connectivity index (χ0n) is 23.1. The molecule has 12 heteroatoms. The lowest BCUT2D eigenvalue weighted by molar-refractivity contribution is -0.0907.